The van der Waals surface area contributed by atoms with Gasteiger partial charge in [-0.25, -0.2) is 4.98 Å². The minimum absolute atomic E-state index is 0.100. The predicted molar refractivity (Wildman–Crippen MR) is 57.7 cm³/mol. The van der Waals surface area contributed by atoms with Crippen LogP contribution < -0.4 is 0 Å². The quantitative estimate of drug-likeness (QED) is 0.840. The van der Waals surface area contributed by atoms with E-state index in [4.69, 9.17) is 5.11 Å². The average molecular weight is 217 g/mol. The van der Waals surface area contributed by atoms with Crippen LogP contribution in [0.5, 0.6) is 0 Å². The zero-order valence-corrected chi connectivity index (χ0v) is 8.58. The summed E-state index contributed by atoms with van der Waals surface area (Å²) < 4.78 is 1.76. The highest BCUT2D eigenvalue weighted by Crippen LogP contribution is 2.14. The number of nitrogens with zero attached hydrogens (tertiary/aromatic N) is 3. The molecular weight excluding hydrogens is 206 g/mol. The Hall–Kier alpha value is -2.17. The van der Waals surface area contributed by atoms with Gasteiger partial charge in [0.25, 0.3) is 0 Å². The largest absolute Gasteiger partial charge is 0.481 e. The van der Waals surface area contributed by atoms with Crippen LogP contribution in [0.25, 0.3) is 11.3 Å². The fraction of sp³-hybridized carbons (Fsp3) is 0.182. The predicted octanol–water partition coefficient (Wildman–Crippen LogP) is 1.42. The monoisotopic (exact) mass is 217 g/mol. The fourth-order valence-electron chi connectivity index (χ4n) is 1.37. The number of imidazole rings is 1. The molecule has 0 aliphatic heterocycles. The molecule has 2 aromatic heterocycles. The van der Waals surface area contributed by atoms with Gasteiger partial charge in [-0.2, -0.15) is 0 Å². The van der Waals surface area contributed by atoms with Gasteiger partial charge in [0.05, 0.1) is 18.4 Å². The molecule has 0 saturated carbocycles. The number of rotatable bonds is 4. The van der Waals surface area contributed by atoms with Crippen molar-refractivity contribution < 1.29 is 9.90 Å². The second kappa shape index (κ2) is 4.57. The standard InChI is InChI=1S/C11H11N3O2/c15-11(16)3-5-14-7-10(13-8-14)9-2-1-4-12-6-9/h1-2,4,6-8H,3,5H2,(H,15,16). The fourth-order valence-corrected chi connectivity index (χ4v) is 1.37. The van der Waals surface area contributed by atoms with Crippen molar-refractivity contribution in [2.75, 3.05) is 0 Å². The second-order valence-corrected chi connectivity index (χ2v) is 3.38. The van der Waals surface area contributed by atoms with Crippen molar-refractivity contribution in [2.24, 2.45) is 0 Å². The maximum absolute atomic E-state index is 10.4. The maximum atomic E-state index is 10.4. The Morgan fingerprint density at radius 1 is 1.50 bits per heavy atom. The molecule has 5 nitrogen and oxygen atoms in total. The Labute approximate surface area is 92.4 Å². The Morgan fingerprint density at radius 3 is 3.06 bits per heavy atom. The van der Waals surface area contributed by atoms with Gasteiger partial charge in [-0.3, -0.25) is 9.78 Å². The summed E-state index contributed by atoms with van der Waals surface area (Å²) in [5.41, 5.74) is 1.73. The van der Waals surface area contributed by atoms with E-state index < -0.39 is 5.97 Å². The van der Waals surface area contributed by atoms with Crippen LogP contribution in [-0.2, 0) is 11.3 Å². The summed E-state index contributed by atoms with van der Waals surface area (Å²) in [5.74, 6) is -0.809. The van der Waals surface area contributed by atoms with Crippen molar-refractivity contribution in [3.05, 3.63) is 37.1 Å². The van der Waals surface area contributed by atoms with Crippen LogP contribution in [0.1, 0.15) is 6.42 Å². The van der Waals surface area contributed by atoms with Crippen molar-refractivity contribution >= 4 is 5.97 Å². The van der Waals surface area contributed by atoms with Gasteiger partial charge >= 0.3 is 5.97 Å². The number of carboxylic acids is 1. The van der Waals surface area contributed by atoms with Crippen molar-refractivity contribution in [1.82, 2.24) is 14.5 Å². The van der Waals surface area contributed by atoms with Crippen molar-refractivity contribution in [1.29, 1.82) is 0 Å². The number of hydrogen-bond acceptors (Lipinski definition) is 3. The van der Waals surface area contributed by atoms with Crippen LogP contribution in [0.15, 0.2) is 37.1 Å². The average Bonchev–Trinajstić information content (AvgIpc) is 2.76. The zero-order chi connectivity index (χ0) is 11.4. The lowest BCUT2D eigenvalue weighted by molar-refractivity contribution is -0.137. The Morgan fingerprint density at radius 2 is 2.38 bits per heavy atom. The summed E-state index contributed by atoms with van der Waals surface area (Å²) in [4.78, 5) is 18.6. The number of aromatic nitrogens is 3. The Balaban J connectivity index is 2.11. The molecule has 0 unspecified atom stereocenters. The van der Waals surface area contributed by atoms with Gasteiger partial charge in [0.2, 0.25) is 0 Å². The van der Waals surface area contributed by atoms with E-state index in [-0.39, 0.29) is 6.42 Å². The lowest BCUT2D eigenvalue weighted by Crippen LogP contribution is -2.02. The SMILES string of the molecule is O=C(O)CCn1cnc(-c2cccnc2)c1. The molecule has 0 amide bonds. The van der Waals surface area contributed by atoms with Crippen LogP contribution in [0.2, 0.25) is 0 Å². The Bertz CT molecular complexity index is 479. The van der Waals surface area contributed by atoms with Gasteiger partial charge in [-0.1, -0.05) is 0 Å². The first-order valence-corrected chi connectivity index (χ1v) is 4.89. The molecule has 2 rings (SSSR count). The van der Waals surface area contributed by atoms with E-state index in [0.29, 0.717) is 6.54 Å². The summed E-state index contributed by atoms with van der Waals surface area (Å²) >= 11 is 0. The van der Waals surface area contributed by atoms with Gasteiger partial charge in [-0.05, 0) is 12.1 Å². The highest BCUT2D eigenvalue weighted by atomic mass is 16.4. The highest BCUT2D eigenvalue weighted by molar-refractivity contribution is 5.66. The number of carbonyl (C=O) groups is 1. The molecule has 0 aliphatic carbocycles. The van der Waals surface area contributed by atoms with Crippen LogP contribution >= 0.6 is 0 Å². The van der Waals surface area contributed by atoms with Crippen molar-refractivity contribution in [3.8, 4) is 11.3 Å². The van der Waals surface area contributed by atoms with E-state index in [0.717, 1.165) is 11.3 Å². The first kappa shape index (κ1) is 10.4. The van der Waals surface area contributed by atoms with Gasteiger partial charge in [0, 0.05) is 30.7 Å². The maximum Gasteiger partial charge on any atom is 0.305 e. The molecular formula is C11H11N3O2. The molecule has 0 atom stereocenters. The number of aliphatic carboxylic acids is 1. The minimum Gasteiger partial charge on any atom is -0.481 e. The molecule has 0 aromatic carbocycles. The van der Waals surface area contributed by atoms with E-state index >= 15 is 0 Å². The smallest absolute Gasteiger partial charge is 0.305 e. The molecule has 2 aromatic rings. The molecule has 16 heavy (non-hydrogen) atoms. The van der Waals surface area contributed by atoms with E-state index in [9.17, 15) is 4.79 Å². The summed E-state index contributed by atoms with van der Waals surface area (Å²) in [5, 5.41) is 8.55. The first-order chi connectivity index (χ1) is 7.75. The van der Waals surface area contributed by atoms with Crippen LogP contribution in [0.3, 0.4) is 0 Å². The highest BCUT2D eigenvalue weighted by Gasteiger charge is 2.03. The molecule has 1 N–H and O–H groups in total. The number of pyridine rings is 1. The minimum atomic E-state index is -0.809. The third-order valence-corrected chi connectivity index (χ3v) is 2.17. The first-order valence-electron chi connectivity index (χ1n) is 4.89. The van der Waals surface area contributed by atoms with Crippen molar-refractivity contribution in [3.63, 3.8) is 0 Å². The number of carboxylic acid groups (broad SMARTS) is 1. The summed E-state index contributed by atoms with van der Waals surface area (Å²) in [6, 6.07) is 3.75. The molecule has 0 saturated heterocycles. The molecule has 0 spiro atoms. The van der Waals surface area contributed by atoms with Gasteiger partial charge in [0.15, 0.2) is 0 Å². The van der Waals surface area contributed by atoms with E-state index in [1.54, 1.807) is 23.3 Å². The molecule has 0 aliphatic rings. The van der Waals surface area contributed by atoms with E-state index in [1.165, 1.54) is 0 Å². The summed E-state index contributed by atoms with van der Waals surface area (Å²) in [7, 11) is 0. The molecule has 0 bridgehead atoms. The summed E-state index contributed by atoms with van der Waals surface area (Å²) in [6.07, 6.45) is 6.98. The number of aryl methyl sites for hydroxylation is 1. The van der Waals surface area contributed by atoms with Crippen LogP contribution in [-0.4, -0.2) is 25.6 Å². The van der Waals surface area contributed by atoms with E-state index in [1.807, 2.05) is 18.3 Å². The lowest BCUT2D eigenvalue weighted by atomic mass is 10.2. The number of hydrogen-bond donors (Lipinski definition) is 1. The van der Waals surface area contributed by atoms with Crippen molar-refractivity contribution in [2.45, 2.75) is 13.0 Å². The normalized spacial score (nSPS) is 10.2. The van der Waals surface area contributed by atoms with Gasteiger partial charge in [0.1, 0.15) is 0 Å². The molecule has 5 heteroatoms. The summed E-state index contributed by atoms with van der Waals surface area (Å²) in [6.45, 7) is 0.433. The third kappa shape index (κ3) is 2.44. The lowest BCUT2D eigenvalue weighted by Gasteiger charge is -1.97. The second-order valence-electron chi connectivity index (χ2n) is 3.38. The van der Waals surface area contributed by atoms with Gasteiger partial charge in [-0.15, -0.1) is 0 Å². The topological polar surface area (TPSA) is 68.0 Å². The molecule has 0 fully saturated rings. The van der Waals surface area contributed by atoms with E-state index in [2.05, 4.69) is 9.97 Å². The van der Waals surface area contributed by atoms with Crippen LogP contribution in [0, 0.1) is 0 Å². The van der Waals surface area contributed by atoms with Gasteiger partial charge < -0.3 is 9.67 Å². The molecule has 0 radical (unpaired) electrons. The van der Waals surface area contributed by atoms with Crippen LogP contribution in [0.4, 0.5) is 0 Å². The molecule has 2 heterocycles. The molecule has 82 valence electrons. The zero-order valence-electron chi connectivity index (χ0n) is 8.58. The Kier molecular flexibility index (Phi) is 2.95. The third-order valence-electron chi connectivity index (χ3n) is 2.17.